The fourth-order valence-electron chi connectivity index (χ4n) is 4.72. The molecule has 2 N–H and O–H groups in total. The van der Waals surface area contributed by atoms with Gasteiger partial charge in [0.25, 0.3) is 0 Å². The molecule has 26 heavy (non-hydrogen) atoms. The Balaban J connectivity index is 1.97. The summed E-state index contributed by atoms with van der Waals surface area (Å²) in [5.74, 6) is 0.906. The Morgan fingerprint density at radius 1 is 1.19 bits per heavy atom. The van der Waals surface area contributed by atoms with Gasteiger partial charge in [0.15, 0.2) is 5.96 Å². The van der Waals surface area contributed by atoms with E-state index in [1.54, 1.807) is 0 Å². The van der Waals surface area contributed by atoms with E-state index in [0.717, 1.165) is 64.4 Å². The molecular weight excluding hydrogens is 328 g/mol. The van der Waals surface area contributed by atoms with Crippen LogP contribution in [0.2, 0.25) is 0 Å². The minimum atomic E-state index is 0.135. The Bertz CT molecular complexity index is 457. The zero-order valence-corrected chi connectivity index (χ0v) is 17.7. The van der Waals surface area contributed by atoms with E-state index in [1.165, 1.54) is 0 Å². The molecule has 1 aliphatic carbocycles. The average molecular weight is 369 g/mol. The second-order valence-electron chi connectivity index (χ2n) is 7.97. The Kier molecular flexibility index (Phi) is 7.74. The van der Waals surface area contributed by atoms with Crippen LogP contribution >= 0.6 is 0 Å². The fraction of sp³-hybridized carbons (Fsp3) is 0.950. The lowest BCUT2D eigenvalue weighted by atomic mass is 9.58. The van der Waals surface area contributed by atoms with Crippen LogP contribution in [0.4, 0.5) is 0 Å². The molecular formula is C20H40N4O2. The van der Waals surface area contributed by atoms with Gasteiger partial charge in [-0.2, -0.15) is 0 Å². The third kappa shape index (κ3) is 4.18. The van der Waals surface area contributed by atoms with Crippen molar-refractivity contribution in [3.63, 3.8) is 0 Å². The molecule has 2 rings (SSSR count). The lowest BCUT2D eigenvalue weighted by Gasteiger charge is -2.55. The summed E-state index contributed by atoms with van der Waals surface area (Å²) in [4.78, 5) is 6.83. The number of nitrogens with zero attached hydrogens (tertiary/aromatic N) is 2. The minimum Gasteiger partial charge on any atom is -0.381 e. The molecule has 0 aromatic rings. The summed E-state index contributed by atoms with van der Waals surface area (Å²) in [5, 5.41) is 7.28. The highest BCUT2D eigenvalue weighted by Gasteiger charge is 2.53. The van der Waals surface area contributed by atoms with Gasteiger partial charge in [-0.15, -0.1) is 0 Å². The van der Waals surface area contributed by atoms with Crippen LogP contribution in [0.1, 0.15) is 52.9 Å². The zero-order chi connectivity index (χ0) is 19.2. The van der Waals surface area contributed by atoms with Crippen LogP contribution in [0.3, 0.4) is 0 Å². The van der Waals surface area contributed by atoms with E-state index >= 15 is 0 Å². The van der Waals surface area contributed by atoms with Gasteiger partial charge in [0.1, 0.15) is 0 Å². The van der Waals surface area contributed by atoms with Crippen molar-refractivity contribution in [2.45, 2.75) is 70.6 Å². The number of hydrogen-bond acceptors (Lipinski definition) is 4. The van der Waals surface area contributed by atoms with E-state index in [-0.39, 0.29) is 11.0 Å². The van der Waals surface area contributed by atoms with Gasteiger partial charge in [0, 0.05) is 50.4 Å². The van der Waals surface area contributed by atoms with E-state index in [2.05, 4.69) is 55.4 Å². The van der Waals surface area contributed by atoms with Crippen molar-refractivity contribution in [2.75, 3.05) is 47.5 Å². The molecule has 2 aliphatic rings. The molecule has 0 radical (unpaired) electrons. The summed E-state index contributed by atoms with van der Waals surface area (Å²) in [6, 6.07) is 0.422. The van der Waals surface area contributed by atoms with Crippen molar-refractivity contribution < 1.29 is 9.47 Å². The van der Waals surface area contributed by atoms with E-state index in [1.807, 2.05) is 7.05 Å². The van der Waals surface area contributed by atoms with E-state index in [0.29, 0.717) is 12.1 Å². The van der Waals surface area contributed by atoms with Crippen LogP contribution in [0, 0.1) is 5.41 Å². The summed E-state index contributed by atoms with van der Waals surface area (Å²) in [6.07, 6.45) is 5.77. The fourth-order valence-corrected chi connectivity index (χ4v) is 4.72. The van der Waals surface area contributed by atoms with E-state index < -0.39 is 0 Å². The highest BCUT2D eigenvalue weighted by molar-refractivity contribution is 5.80. The van der Waals surface area contributed by atoms with Gasteiger partial charge in [-0.05, 0) is 53.1 Å². The molecule has 1 saturated carbocycles. The number of hydrogen-bond donors (Lipinski definition) is 2. The van der Waals surface area contributed by atoms with Crippen molar-refractivity contribution in [3.05, 3.63) is 0 Å². The maximum Gasteiger partial charge on any atom is 0.191 e. The van der Waals surface area contributed by atoms with Gasteiger partial charge < -0.3 is 25.0 Å². The first kappa shape index (κ1) is 21.5. The molecule has 2 atom stereocenters. The molecule has 6 heteroatoms. The molecule has 0 spiro atoms. The summed E-state index contributed by atoms with van der Waals surface area (Å²) < 4.78 is 11.6. The van der Waals surface area contributed by atoms with Crippen molar-refractivity contribution in [1.29, 1.82) is 0 Å². The van der Waals surface area contributed by atoms with Gasteiger partial charge in [-0.1, -0.05) is 13.8 Å². The molecule has 0 aromatic heterocycles. The quantitative estimate of drug-likeness (QED) is 0.508. The maximum atomic E-state index is 6.00. The van der Waals surface area contributed by atoms with Crippen LogP contribution in [-0.2, 0) is 9.47 Å². The Morgan fingerprint density at radius 2 is 1.85 bits per heavy atom. The predicted molar refractivity (Wildman–Crippen MR) is 108 cm³/mol. The van der Waals surface area contributed by atoms with Crippen LogP contribution in [-0.4, -0.2) is 76.1 Å². The van der Waals surface area contributed by atoms with Gasteiger partial charge in [0.2, 0.25) is 0 Å². The normalized spacial score (nSPS) is 27.9. The molecule has 0 amide bonds. The first-order valence-corrected chi connectivity index (χ1v) is 10.3. The smallest absolute Gasteiger partial charge is 0.191 e. The monoisotopic (exact) mass is 368 g/mol. The summed E-state index contributed by atoms with van der Waals surface area (Å²) in [7, 11) is 6.20. The van der Waals surface area contributed by atoms with Gasteiger partial charge in [0.05, 0.1) is 6.10 Å². The molecule has 1 saturated heterocycles. The van der Waals surface area contributed by atoms with Gasteiger partial charge in [-0.3, -0.25) is 4.99 Å². The summed E-state index contributed by atoms with van der Waals surface area (Å²) in [5.41, 5.74) is 0.349. The van der Waals surface area contributed by atoms with Crippen molar-refractivity contribution in [3.8, 4) is 0 Å². The molecule has 2 unspecified atom stereocenters. The lowest BCUT2D eigenvalue weighted by Crippen LogP contribution is -2.66. The van der Waals surface area contributed by atoms with Crippen LogP contribution in [0.25, 0.3) is 0 Å². The molecule has 0 aromatic carbocycles. The highest BCUT2D eigenvalue weighted by atomic mass is 16.5. The molecule has 1 heterocycles. The molecule has 6 nitrogen and oxygen atoms in total. The molecule has 0 bridgehead atoms. The molecule has 2 fully saturated rings. The second kappa shape index (κ2) is 9.38. The highest BCUT2D eigenvalue weighted by Crippen LogP contribution is 2.48. The van der Waals surface area contributed by atoms with Gasteiger partial charge >= 0.3 is 0 Å². The summed E-state index contributed by atoms with van der Waals surface area (Å²) in [6.45, 7) is 9.99. The first-order chi connectivity index (χ1) is 12.5. The zero-order valence-electron chi connectivity index (χ0n) is 17.7. The number of ether oxygens (including phenoxy) is 2. The minimum absolute atomic E-state index is 0.135. The number of likely N-dealkylation sites (N-methyl/N-ethyl adjacent to an activating group) is 1. The van der Waals surface area contributed by atoms with Crippen molar-refractivity contribution in [2.24, 2.45) is 10.4 Å². The topological polar surface area (TPSA) is 58.1 Å². The molecule has 1 aliphatic heterocycles. The van der Waals surface area contributed by atoms with Crippen LogP contribution in [0.15, 0.2) is 4.99 Å². The Labute approximate surface area is 160 Å². The largest absolute Gasteiger partial charge is 0.381 e. The third-order valence-electron chi connectivity index (χ3n) is 6.96. The SMILES string of the molecule is CCOC1CC(NC(=NC)NCC2(N(C)C)CCOCC2)C1(CC)CC. The van der Waals surface area contributed by atoms with Gasteiger partial charge in [-0.25, -0.2) is 0 Å². The second-order valence-corrected chi connectivity index (χ2v) is 7.97. The number of aliphatic imine (C=N–C) groups is 1. The van der Waals surface area contributed by atoms with E-state index in [9.17, 15) is 0 Å². The summed E-state index contributed by atoms with van der Waals surface area (Å²) >= 11 is 0. The van der Waals surface area contributed by atoms with E-state index in [4.69, 9.17) is 9.47 Å². The predicted octanol–water partition coefficient (Wildman–Crippen LogP) is 2.25. The standard InChI is InChI=1S/C20H40N4O2/c1-7-20(8-2)16(14-17(20)26-9-3)23-18(21-4)22-15-19(24(5)6)10-12-25-13-11-19/h16-17H,7-15H2,1-6H3,(H2,21,22,23). The molecule has 152 valence electrons. The maximum absolute atomic E-state index is 6.00. The van der Waals surface area contributed by atoms with Crippen LogP contribution < -0.4 is 10.6 Å². The number of guanidine groups is 1. The number of rotatable bonds is 8. The average Bonchev–Trinajstić information content (AvgIpc) is 2.65. The third-order valence-corrected chi connectivity index (χ3v) is 6.96. The van der Waals surface area contributed by atoms with Crippen molar-refractivity contribution >= 4 is 5.96 Å². The van der Waals surface area contributed by atoms with Crippen LogP contribution in [0.5, 0.6) is 0 Å². The Hall–Kier alpha value is -0.850. The number of nitrogens with one attached hydrogen (secondary N) is 2. The Morgan fingerprint density at radius 3 is 2.35 bits per heavy atom. The van der Waals surface area contributed by atoms with Crippen molar-refractivity contribution in [1.82, 2.24) is 15.5 Å². The lowest BCUT2D eigenvalue weighted by molar-refractivity contribution is -0.133. The first-order valence-electron chi connectivity index (χ1n) is 10.3.